The van der Waals surface area contributed by atoms with Crippen LogP contribution < -0.4 is 9.46 Å². The third-order valence-electron chi connectivity index (χ3n) is 4.55. The van der Waals surface area contributed by atoms with Crippen molar-refractivity contribution >= 4 is 37.3 Å². The quantitative estimate of drug-likeness (QED) is 0.682. The van der Waals surface area contributed by atoms with Crippen molar-refractivity contribution in [2.45, 2.75) is 36.0 Å². The van der Waals surface area contributed by atoms with Crippen LogP contribution in [0.15, 0.2) is 52.3 Å². The van der Waals surface area contributed by atoms with Crippen molar-refractivity contribution in [3.05, 3.63) is 47.5 Å². The van der Waals surface area contributed by atoms with Crippen LogP contribution in [0.3, 0.4) is 0 Å². The number of piperidine rings is 1. The van der Waals surface area contributed by atoms with Gasteiger partial charge in [-0.25, -0.2) is 16.8 Å². The standard InChI is InChI=1S/C19H23ClN2O5S2/c1-2-27-17-11-10-15(21-28(23,24)18-9-5-4-8-16(18)20)14-19(17)29(25,26)22-12-6-3-7-13-22/h4-5,8-11,14,21H,2-3,6-7,12-13H2,1H3. The van der Waals surface area contributed by atoms with Crippen molar-refractivity contribution < 1.29 is 21.6 Å². The topological polar surface area (TPSA) is 92.8 Å². The van der Waals surface area contributed by atoms with Crippen molar-refractivity contribution in [2.75, 3.05) is 24.4 Å². The van der Waals surface area contributed by atoms with E-state index in [1.165, 1.54) is 34.6 Å². The molecule has 7 nitrogen and oxygen atoms in total. The molecule has 1 saturated heterocycles. The Bertz CT molecular complexity index is 1080. The number of anilines is 1. The number of benzene rings is 2. The molecule has 1 heterocycles. The smallest absolute Gasteiger partial charge is 0.263 e. The Morgan fingerprint density at radius 1 is 1.00 bits per heavy atom. The summed E-state index contributed by atoms with van der Waals surface area (Å²) in [6, 6.07) is 10.3. The highest BCUT2D eigenvalue weighted by atomic mass is 35.5. The lowest BCUT2D eigenvalue weighted by molar-refractivity contribution is 0.323. The first-order chi connectivity index (χ1) is 13.8. The van der Waals surface area contributed by atoms with Gasteiger partial charge >= 0.3 is 0 Å². The molecule has 0 aromatic heterocycles. The zero-order valence-electron chi connectivity index (χ0n) is 16.0. The second-order valence-corrected chi connectivity index (χ2v) is 10.6. The molecule has 2 aromatic carbocycles. The van der Waals surface area contributed by atoms with E-state index in [9.17, 15) is 16.8 Å². The number of nitrogens with zero attached hydrogens (tertiary/aromatic N) is 1. The number of nitrogens with one attached hydrogen (secondary N) is 1. The van der Waals surface area contributed by atoms with Gasteiger partial charge < -0.3 is 4.74 Å². The third kappa shape index (κ3) is 4.85. The summed E-state index contributed by atoms with van der Waals surface area (Å²) in [5.41, 5.74) is 0.115. The van der Waals surface area contributed by atoms with E-state index in [1.54, 1.807) is 19.1 Å². The van der Waals surface area contributed by atoms with E-state index < -0.39 is 20.0 Å². The Morgan fingerprint density at radius 3 is 2.34 bits per heavy atom. The minimum Gasteiger partial charge on any atom is -0.492 e. The highest BCUT2D eigenvalue weighted by Crippen LogP contribution is 2.32. The van der Waals surface area contributed by atoms with Gasteiger partial charge in [-0.3, -0.25) is 4.72 Å². The molecule has 0 amide bonds. The molecule has 0 saturated carbocycles. The number of rotatable bonds is 7. The molecule has 1 aliphatic rings. The van der Waals surface area contributed by atoms with Gasteiger partial charge in [0.05, 0.1) is 17.3 Å². The van der Waals surface area contributed by atoms with Crippen molar-refractivity contribution in [1.82, 2.24) is 4.31 Å². The average Bonchev–Trinajstić information content (AvgIpc) is 2.70. The molecule has 1 fully saturated rings. The van der Waals surface area contributed by atoms with E-state index >= 15 is 0 Å². The first-order valence-electron chi connectivity index (χ1n) is 9.30. The van der Waals surface area contributed by atoms with Gasteiger partial charge in [-0.2, -0.15) is 4.31 Å². The fourth-order valence-electron chi connectivity index (χ4n) is 3.17. The van der Waals surface area contributed by atoms with E-state index in [4.69, 9.17) is 16.3 Å². The minimum absolute atomic E-state index is 0.0550. The van der Waals surface area contributed by atoms with Crippen LogP contribution in [0.25, 0.3) is 0 Å². The molecule has 1 N–H and O–H groups in total. The minimum atomic E-state index is -3.99. The van der Waals surface area contributed by atoms with Crippen LogP contribution in [0.1, 0.15) is 26.2 Å². The molecular weight excluding hydrogens is 436 g/mol. The maximum Gasteiger partial charge on any atom is 0.263 e. The van der Waals surface area contributed by atoms with Crippen molar-refractivity contribution in [2.24, 2.45) is 0 Å². The molecule has 2 aromatic rings. The molecule has 3 rings (SSSR count). The van der Waals surface area contributed by atoms with Gasteiger partial charge in [-0.1, -0.05) is 30.2 Å². The lowest BCUT2D eigenvalue weighted by Crippen LogP contribution is -2.35. The predicted molar refractivity (Wildman–Crippen MR) is 112 cm³/mol. The molecule has 0 unspecified atom stereocenters. The summed E-state index contributed by atoms with van der Waals surface area (Å²) in [7, 11) is -7.81. The summed E-state index contributed by atoms with van der Waals surface area (Å²) in [6.45, 7) is 2.91. The summed E-state index contributed by atoms with van der Waals surface area (Å²) < 4.78 is 61.1. The largest absolute Gasteiger partial charge is 0.492 e. The van der Waals surface area contributed by atoms with E-state index in [0.29, 0.717) is 13.1 Å². The molecule has 0 radical (unpaired) electrons. The summed E-state index contributed by atoms with van der Waals surface area (Å²) in [4.78, 5) is -0.142. The molecule has 0 atom stereocenters. The van der Waals surface area contributed by atoms with Crippen LogP contribution in [-0.2, 0) is 20.0 Å². The van der Waals surface area contributed by atoms with Crippen LogP contribution in [0.4, 0.5) is 5.69 Å². The summed E-state index contributed by atoms with van der Waals surface area (Å²) in [5, 5.41) is 0.0760. The highest BCUT2D eigenvalue weighted by Gasteiger charge is 2.30. The van der Waals surface area contributed by atoms with E-state index in [-0.39, 0.29) is 32.9 Å². The van der Waals surface area contributed by atoms with Gasteiger partial charge in [-0.05, 0) is 50.1 Å². The van der Waals surface area contributed by atoms with Crippen molar-refractivity contribution in [1.29, 1.82) is 0 Å². The Labute approximate surface area is 176 Å². The number of sulfonamides is 2. The monoisotopic (exact) mass is 458 g/mol. The normalized spacial score (nSPS) is 15.8. The van der Waals surface area contributed by atoms with E-state index in [1.807, 2.05) is 0 Å². The van der Waals surface area contributed by atoms with E-state index in [2.05, 4.69) is 4.72 Å². The third-order valence-corrected chi connectivity index (χ3v) is 8.36. The first-order valence-corrected chi connectivity index (χ1v) is 12.6. The van der Waals surface area contributed by atoms with Crippen LogP contribution in [0, 0.1) is 0 Å². The van der Waals surface area contributed by atoms with Crippen LogP contribution in [0.5, 0.6) is 5.75 Å². The summed E-state index contributed by atoms with van der Waals surface area (Å²) >= 11 is 6.01. The molecule has 0 bridgehead atoms. The average molecular weight is 459 g/mol. The van der Waals surface area contributed by atoms with Gasteiger partial charge in [0, 0.05) is 13.1 Å². The fourth-order valence-corrected chi connectivity index (χ4v) is 6.41. The number of halogens is 1. The van der Waals surface area contributed by atoms with E-state index in [0.717, 1.165) is 19.3 Å². The number of hydrogen-bond donors (Lipinski definition) is 1. The lowest BCUT2D eigenvalue weighted by Gasteiger charge is -2.27. The van der Waals surface area contributed by atoms with Crippen molar-refractivity contribution in [3.63, 3.8) is 0 Å². The van der Waals surface area contributed by atoms with Gasteiger partial charge in [0.2, 0.25) is 10.0 Å². The Morgan fingerprint density at radius 2 is 1.69 bits per heavy atom. The first kappa shape index (κ1) is 21.9. The Balaban J connectivity index is 2.00. The van der Waals surface area contributed by atoms with Crippen molar-refractivity contribution in [3.8, 4) is 5.75 Å². The molecule has 0 aliphatic carbocycles. The SMILES string of the molecule is CCOc1ccc(NS(=O)(=O)c2ccccc2Cl)cc1S(=O)(=O)N1CCCCC1. The number of hydrogen-bond acceptors (Lipinski definition) is 5. The van der Waals surface area contributed by atoms with Gasteiger partial charge in [-0.15, -0.1) is 0 Å². The highest BCUT2D eigenvalue weighted by molar-refractivity contribution is 7.93. The fraction of sp³-hybridized carbons (Fsp3) is 0.368. The molecule has 29 heavy (non-hydrogen) atoms. The maximum atomic E-state index is 13.2. The number of ether oxygens (including phenoxy) is 1. The molecule has 1 aliphatic heterocycles. The second kappa shape index (κ2) is 8.91. The zero-order valence-corrected chi connectivity index (χ0v) is 18.4. The summed E-state index contributed by atoms with van der Waals surface area (Å²) in [5.74, 6) is 0.193. The molecule has 0 spiro atoms. The zero-order chi connectivity index (χ0) is 21.1. The van der Waals surface area contributed by atoms with Crippen LogP contribution in [0.2, 0.25) is 5.02 Å². The predicted octanol–water partition coefficient (Wildman–Crippen LogP) is 3.71. The van der Waals surface area contributed by atoms with Crippen LogP contribution >= 0.6 is 11.6 Å². The lowest BCUT2D eigenvalue weighted by atomic mass is 10.2. The molecule has 158 valence electrons. The van der Waals surface area contributed by atoms with Gasteiger partial charge in [0.25, 0.3) is 10.0 Å². The summed E-state index contributed by atoms with van der Waals surface area (Å²) in [6.07, 6.45) is 2.58. The van der Waals surface area contributed by atoms with Gasteiger partial charge in [0.15, 0.2) is 0 Å². The Kier molecular flexibility index (Phi) is 6.72. The molecule has 10 heteroatoms. The van der Waals surface area contributed by atoms with Gasteiger partial charge in [0.1, 0.15) is 15.5 Å². The maximum absolute atomic E-state index is 13.2. The second-order valence-electron chi connectivity index (χ2n) is 6.60. The molecular formula is C19H23ClN2O5S2. The Hall–Kier alpha value is -1.81. The van der Waals surface area contributed by atoms with Crippen LogP contribution in [-0.4, -0.2) is 40.8 Å².